The summed E-state index contributed by atoms with van der Waals surface area (Å²) in [4.78, 5) is 16.4. The van der Waals surface area contributed by atoms with Crippen LogP contribution < -0.4 is 10.0 Å². The van der Waals surface area contributed by atoms with Crippen LogP contribution in [0, 0.1) is 0 Å². The van der Waals surface area contributed by atoms with E-state index in [1.165, 1.54) is 16.1 Å². The molecule has 0 spiro atoms. The molecule has 1 aliphatic heterocycles. The van der Waals surface area contributed by atoms with Gasteiger partial charge in [-0.05, 0) is 43.4 Å². The van der Waals surface area contributed by atoms with Gasteiger partial charge in [-0.2, -0.15) is 12.7 Å². The molecule has 1 aromatic carbocycles. The predicted molar refractivity (Wildman–Crippen MR) is 104 cm³/mol. The second kappa shape index (κ2) is 8.96. The lowest BCUT2D eigenvalue weighted by Gasteiger charge is -2.23. The largest absolute Gasteiger partial charge is 0.355 e. The maximum atomic E-state index is 12.6. The van der Waals surface area contributed by atoms with Gasteiger partial charge >= 0.3 is 10.2 Å². The number of amides is 1. The Kier molecular flexibility index (Phi) is 6.41. The summed E-state index contributed by atoms with van der Waals surface area (Å²) in [6.07, 6.45) is 5.87. The van der Waals surface area contributed by atoms with Gasteiger partial charge in [0, 0.05) is 19.3 Å². The zero-order chi connectivity index (χ0) is 19.1. The van der Waals surface area contributed by atoms with Crippen molar-refractivity contribution in [2.75, 3.05) is 17.8 Å². The van der Waals surface area contributed by atoms with Crippen molar-refractivity contribution in [3.8, 4) is 0 Å². The Morgan fingerprint density at radius 3 is 2.74 bits per heavy atom. The molecule has 1 aliphatic rings. The summed E-state index contributed by atoms with van der Waals surface area (Å²) in [6, 6.07) is 12.7. The van der Waals surface area contributed by atoms with Crippen LogP contribution in [0.4, 0.5) is 5.69 Å². The molecule has 8 heteroatoms. The molecule has 2 aromatic rings. The topological polar surface area (TPSA) is 91.4 Å². The van der Waals surface area contributed by atoms with Crippen molar-refractivity contribution in [3.63, 3.8) is 0 Å². The number of hydrogen-bond acceptors (Lipinski definition) is 4. The molecule has 1 amide bonds. The average molecular weight is 388 g/mol. The SMILES string of the molecule is O=C(NCCCc1ccccc1)[C@@H]1CCCN1S(=O)(=O)Nc1cccnc1. The van der Waals surface area contributed by atoms with Gasteiger partial charge in [-0.1, -0.05) is 30.3 Å². The first-order chi connectivity index (χ1) is 13.1. The number of carbonyl (C=O) groups is 1. The molecule has 3 rings (SSSR count). The van der Waals surface area contributed by atoms with Gasteiger partial charge in [0.2, 0.25) is 5.91 Å². The highest BCUT2D eigenvalue weighted by Crippen LogP contribution is 2.22. The first-order valence-electron chi connectivity index (χ1n) is 9.07. The summed E-state index contributed by atoms with van der Waals surface area (Å²) in [5, 5.41) is 2.88. The highest BCUT2D eigenvalue weighted by molar-refractivity contribution is 7.90. The van der Waals surface area contributed by atoms with Crippen LogP contribution >= 0.6 is 0 Å². The number of nitrogens with zero attached hydrogens (tertiary/aromatic N) is 2. The smallest absolute Gasteiger partial charge is 0.302 e. The molecule has 0 saturated carbocycles. The summed E-state index contributed by atoms with van der Waals surface area (Å²) in [5.41, 5.74) is 1.60. The molecule has 1 aromatic heterocycles. The summed E-state index contributed by atoms with van der Waals surface area (Å²) in [5.74, 6) is -0.239. The Balaban J connectivity index is 1.53. The lowest BCUT2D eigenvalue weighted by molar-refractivity contribution is -0.124. The normalized spacial score (nSPS) is 17.6. The van der Waals surface area contributed by atoms with Crippen LogP contribution in [-0.4, -0.2) is 42.7 Å². The van der Waals surface area contributed by atoms with Crippen LogP contribution in [-0.2, 0) is 21.4 Å². The first kappa shape index (κ1) is 19.3. The number of aromatic nitrogens is 1. The minimum absolute atomic E-state index is 0.239. The van der Waals surface area contributed by atoms with E-state index in [0.29, 0.717) is 31.6 Å². The van der Waals surface area contributed by atoms with Gasteiger partial charge in [0.15, 0.2) is 0 Å². The van der Waals surface area contributed by atoms with Crippen molar-refractivity contribution in [3.05, 3.63) is 60.4 Å². The Morgan fingerprint density at radius 1 is 1.19 bits per heavy atom. The third kappa shape index (κ3) is 5.27. The number of benzene rings is 1. The molecule has 2 N–H and O–H groups in total. The van der Waals surface area contributed by atoms with E-state index in [9.17, 15) is 13.2 Å². The summed E-state index contributed by atoms with van der Waals surface area (Å²) in [6.45, 7) is 0.853. The van der Waals surface area contributed by atoms with Gasteiger partial charge in [-0.3, -0.25) is 14.5 Å². The van der Waals surface area contributed by atoms with Crippen LogP contribution in [0.2, 0.25) is 0 Å². The lowest BCUT2D eigenvalue weighted by Crippen LogP contribution is -2.47. The third-order valence-corrected chi connectivity index (χ3v) is 6.06. The number of anilines is 1. The monoisotopic (exact) mass is 388 g/mol. The van der Waals surface area contributed by atoms with Gasteiger partial charge in [-0.15, -0.1) is 0 Å². The van der Waals surface area contributed by atoms with Gasteiger partial charge in [-0.25, -0.2) is 0 Å². The molecule has 1 saturated heterocycles. The Labute approximate surface area is 160 Å². The second-order valence-corrected chi connectivity index (χ2v) is 8.12. The summed E-state index contributed by atoms with van der Waals surface area (Å²) < 4.78 is 29.0. The van der Waals surface area contributed by atoms with Gasteiger partial charge in [0.05, 0.1) is 11.9 Å². The molecule has 144 valence electrons. The van der Waals surface area contributed by atoms with E-state index in [1.54, 1.807) is 18.3 Å². The molecule has 0 bridgehead atoms. The fraction of sp³-hybridized carbons (Fsp3) is 0.368. The molecule has 2 heterocycles. The molecule has 27 heavy (non-hydrogen) atoms. The van der Waals surface area contributed by atoms with Gasteiger partial charge < -0.3 is 5.32 Å². The molecule has 1 atom stereocenters. The Morgan fingerprint density at radius 2 is 2.00 bits per heavy atom. The minimum atomic E-state index is -3.80. The van der Waals surface area contributed by atoms with Crippen molar-refractivity contribution in [2.24, 2.45) is 0 Å². The van der Waals surface area contributed by atoms with Crippen LogP contribution in [0.25, 0.3) is 0 Å². The molecule has 1 fully saturated rings. The summed E-state index contributed by atoms with van der Waals surface area (Å²) in [7, 11) is -3.80. The highest BCUT2D eigenvalue weighted by atomic mass is 32.2. The number of pyridine rings is 1. The predicted octanol–water partition coefficient (Wildman–Crippen LogP) is 1.95. The van der Waals surface area contributed by atoms with Crippen LogP contribution in [0.3, 0.4) is 0 Å². The molecular formula is C19H24N4O3S. The summed E-state index contributed by atoms with van der Waals surface area (Å²) >= 11 is 0. The van der Waals surface area contributed by atoms with E-state index in [2.05, 4.69) is 27.2 Å². The van der Waals surface area contributed by atoms with Gasteiger partial charge in [0.25, 0.3) is 0 Å². The van der Waals surface area contributed by atoms with Crippen molar-refractivity contribution in [2.45, 2.75) is 31.7 Å². The van der Waals surface area contributed by atoms with Crippen LogP contribution in [0.1, 0.15) is 24.8 Å². The van der Waals surface area contributed by atoms with Gasteiger partial charge in [0.1, 0.15) is 6.04 Å². The maximum Gasteiger partial charge on any atom is 0.302 e. The molecule has 7 nitrogen and oxygen atoms in total. The van der Waals surface area contributed by atoms with E-state index in [4.69, 9.17) is 0 Å². The van der Waals surface area contributed by atoms with E-state index in [1.807, 2.05) is 18.2 Å². The molecular weight excluding hydrogens is 364 g/mol. The average Bonchev–Trinajstić information content (AvgIpc) is 3.17. The van der Waals surface area contributed by atoms with Crippen molar-refractivity contribution < 1.29 is 13.2 Å². The highest BCUT2D eigenvalue weighted by Gasteiger charge is 2.38. The molecule has 0 radical (unpaired) electrons. The maximum absolute atomic E-state index is 12.6. The number of nitrogens with one attached hydrogen (secondary N) is 2. The molecule has 0 unspecified atom stereocenters. The first-order valence-corrected chi connectivity index (χ1v) is 10.5. The number of aryl methyl sites for hydroxylation is 1. The minimum Gasteiger partial charge on any atom is -0.355 e. The zero-order valence-electron chi connectivity index (χ0n) is 15.0. The quantitative estimate of drug-likeness (QED) is 0.676. The molecule has 0 aliphatic carbocycles. The van der Waals surface area contributed by atoms with Crippen molar-refractivity contribution >= 4 is 21.8 Å². The number of hydrogen-bond donors (Lipinski definition) is 2. The van der Waals surface area contributed by atoms with E-state index >= 15 is 0 Å². The second-order valence-electron chi connectivity index (χ2n) is 6.50. The van der Waals surface area contributed by atoms with E-state index in [0.717, 1.165) is 12.8 Å². The van der Waals surface area contributed by atoms with Crippen LogP contribution in [0.15, 0.2) is 54.9 Å². The van der Waals surface area contributed by atoms with E-state index in [-0.39, 0.29) is 5.91 Å². The third-order valence-electron chi connectivity index (χ3n) is 4.51. The standard InChI is InChI=1S/C19H24N4O3S/c24-19(21-13-4-9-16-7-2-1-3-8-16)18-11-6-14-23(18)27(25,26)22-17-10-5-12-20-15-17/h1-3,5,7-8,10,12,15,18,22H,4,6,9,11,13-14H2,(H,21,24)/t18-/m0/s1. The fourth-order valence-electron chi connectivity index (χ4n) is 3.19. The number of rotatable bonds is 8. The van der Waals surface area contributed by atoms with Crippen molar-refractivity contribution in [1.82, 2.24) is 14.6 Å². The Bertz CT molecular complexity index is 844. The van der Waals surface area contributed by atoms with Crippen molar-refractivity contribution in [1.29, 1.82) is 0 Å². The lowest BCUT2D eigenvalue weighted by atomic mass is 10.1. The van der Waals surface area contributed by atoms with E-state index < -0.39 is 16.3 Å². The zero-order valence-corrected chi connectivity index (χ0v) is 15.9. The van der Waals surface area contributed by atoms with Crippen LogP contribution in [0.5, 0.6) is 0 Å². The fourth-order valence-corrected chi connectivity index (χ4v) is 4.63. The Hall–Kier alpha value is -2.45. The number of carbonyl (C=O) groups excluding carboxylic acids is 1.